The summed E-state index contributed by atoms with van der Waals surface area (Å²) < 4.78 is 1.84. The van der Waals surface area contributed by atoms with Gasteiger partial charge in [0.05, 0.1) is 17.5 Å². The van der Waals surface area contributed by atoms with Gasteiger partial charge in [-0.1, -0.05) is 6.92 Å². The average Bonchev–Trinajstić information content (AvgIpc) is 3.15. The van der Waals surface area contributed by atoms with E-state index in [1.807, 2.05) is 10.7 Å². The number of carbonyl (C=O) groups excluding carboxylic acids is 2. The number of nitrogens with zero attached hydrogens (tertiary/aromatic N) is 4. The molecule has 8 heteroatoms. The van der Waals surface area contributed by atoms with Crippen LogP contribution in [0.3, 0.4) is 0 Å². The van der Waals surface area contributed by atoms with Gasteiger partial charge in [-0.05, 0) is 49.7 Å². The second-order valence-corrected chi connectivity index (χ2v) is 8.26. The van der Waals surface area contributed by atoms with Crippen LogP contribution in [0.15, 0.2) is 24.5 Å². The first kappa shape index (κ1) is 19.4. The van der Waals surface area contributed by atoms with Crippen molar-refractivity contribution in [3.8, 4) is 0 Å². The summed E-state index contributed by atoms with van der Waals surface area (Å²) in [4.78, 5) is 31.0. The summed E-state index contributed by atoms with van der Waals surface area (Å²) in [7, 11) is 0. The molecule has 2 atom stereocenters. The minimum absolute atomic E-state index is 0.0899. The molecule has 0 saturated carbocycles. The van der Waals surface area contributed by atoms with Crippen LogP contribution in [0.5, 0.6) is 0 Å². The molecule has 0 bridgehead atoms. The number of hydrogen-bond donors (Lipinski definition) is 2. The molecule has 2 aliphatic rings. The van der Waals surface area contributed by atoms with E-state index in [9.17, 15) is 9.59 Å². The first-order valence-corrected chi connectivity index (χ1v) is 10.3. The Bertz CT molecular complexity index is 908. The molecule has 0 radical (unpaired) electrons. The number of piperidine rings is 1. The van der Waals surface area contributed by atoms with Crippen LogP contribution in [0.4, 0.5) is 5.82 Å². The molecular weight excluding hydrogens is 368 g/mol. The maximum Gasteiger partial charge on any atom is 0.252 e. The third kappa shape index (κ3) is 4.26. The fraction of sp³-hybridized carbons (Fsp3) is 0.524. The Morgan fingerprint density at radius 2 is 2.17 bits per heavy atom. The Morgan fingerprint density at radius 3 is 2.97 bits per heavy atom. The number of fused-ring (bicyclic) bond motifs is 1. The fourth-order valence-electron chi connectivity index (χ4n) is 4.35. The van der Waals surface area contributed by atoms with Crippen molar-refractivity contribution in [3.05, 3.63) is 41.3 Å². The van der Waals surface area contributed by atoms with Gasteiger partial charge in [0.15, 0.2) is 0 Å². The quantitative estimate of drug-likeness (QED) is 0.799. The SMILES string of the molecule is CC1CCCN(c2cc(C(=O)NCC3CCn4ncc(C(N)=O)c4C3)ccn2)C1. The van der Waals surface area contributed by atoms with E-state index in [0.29, 0.717) is 30.0 Å². The minimum atomic E-state index is -0.452. The lowest BCUT2D eigenvalue weighted by Gasteiger charge is -2.32. The predicted octanol–water partition coefficient (Wildman–Crippen LogP) is 1.61. The minimum Gasteiger partial charge on any atom is -0.365 e. The highest BCUT2D eigenvalue weighted by Crippen LogP contribution is 2.23. The molecule has 2 unspecified atom stereocenters. The fourth-order valence-corrected chi connectivity index (χ4v) is 4.35. The van der Waals surface area contributed by atoms with Gasteiger partial charge in [-0.15, -0.1) is 0 Å². The summed E-state index contributed by atoms with van der Waals surface area (Å²) in [6, 6.07) is 3.64. The molecular formula is C21H28N6O2. The smallest absolute Gasteiger partial charge is 0.252 e. The highest BCUT2D eigenvalue weighted by molar-refractivity contribution is 5.95. The van der Waals surface area contributed by atoms with Crippen LogP contribution >= 0.6 is 0 Å². The van der Waals surface area contributed by atoms with Gasteiger partial charge in [0, 0.05) is 37.9 Å². The number of aromatic nitrogens is 3. The van der Waals surface area contributed by atoms with Gasteiger partial charge in [0.2, 0.25) is 0 Å². The van der Waals surface area contributed by atoms with Crippen molar-refractivity contribution >= 4 is 17.6 Å². The first-order chi connectivity index (χ1) is 14.0. The summed E-state index contributed by atoms with van der Waals surface area (Å²) in [6.45, 7) is 5.51. The number of pyridine rings is 1. The standard InChI is InChI=1S/C21H28N6O2/c1-14-3-2-7-26(13-14)19-10-16(4-6-23-19)21(29)24-11-15-5-8-27-18(9-15)17(12-25-27)20(22)28/h4,6,10,12,14-15H,2-3,5,7-9,11,13H2,1H3,(H2,22,28)(H,24,29). The van der Waals surface area contributed by atoms with Crippen molar-refractivity contribution in [1.82, 2.24) is 20.1 Å². The van der Waals surface area contributed by atoms with E-state index >= 15 is 0 Å². The molecule has 0 spiro atoms. The Kier molecular flexibility index (Phi) is 5.51. The second-order valence-electron chi connectivity index (χ2n) is 8.26. The van der Waals surface area contributed by atoms with Gasteiger partial charge in [-0.3, -0.25) is 14.3 Å². The average molecular weight is 396 g/mol. The topological polar surface area (TPSA) is 106 Å². The van der Waals surface area contributed by atoms with Crippen molar-refractivity contribution in [3.63, 3.8) is 0 Å². The van der Waals surface area contributed by atoms with Gasteiger partial charge >= 0.3 is 0 Å². The Balaban J connectivity index is 1.37. The third-order valence-electron chi connectivity index (χ3n) is 5.99. The number of amides is 2. The van der Waals surface area contributed by atoms with Gasteiger partial charge in [0.25, 0.3) is 11.8 Å². The molecule has 2 amide bonds. The third-order valence-corrected chi connectivity index (χ3v) is 5.99. The lowest BCUT2D eigenvalue weighted by Crippen LogP contribution is -2.35. The van der Waals surface area contributed by atoms with Crippen molar-refractivity contribution in [1.29, 1.82) is 0 Å². The van der Waals surface area contributed by atoms with Crippen LogP contribution in [0, 0.1) is 11.8 Å². The summed E-state index contributed by atoms with van der Waals surface area (Å²) in [5, 5.41) is 7.28. The van der Waals surface area contributed by atoms with Crippen molar-refractivity contribution in [2.24, 2.45) is 17.6 Å². The number of carbonyl (C=O) groups is 2. The number of anilines is 1. The molecule has 0 aliphatic carbocycles. The molecule has 2 aliphatic heterocycles. The lowest BCUT2D eigenvalue weighted by molar-refractivity contribution is 0.0941. The number of hydrogen-bond acceptors (Lipinski definition) is 5. The largest absolute Gasteiger partial charge is 0.365 e. The van der Waals surface area contributed by atoms with E-state index in [1.54, 1.807) is 18.5 Å². The molecule has 29 heavy (non-hydrogen) atoms. The molecule has 2 aromatic rings. The molecule has 4 rings (SSSR count). The van der Waals surface area contributed by atoms with E-state index < -0.39 is 5.91 Å². The highest BCUT2D eigenvalue weighted by atomic mass is 16.2. The monoisotopic (exact) mass is 396 g/mol. The summed E-state index contributed by atoms with van der Waals surface area (Å²) in [5.41, 5.74) is 7.42. The summed E-state index contributed by atoms with van der Waals surface area (Å²) in [5.74, 6) is 1.23. The van der Waals surface area contributed by atoms with Gasteiger partial charge < -0.3 is 16.0 Å². The molecule has 2 aromatic heterocycles. The van der Waals surface area contributed by atoms with Crippen LogP contribution < -0.4 is 16.0 Å². The van der Waals surface area contributed by atoms with E-state index in [1.165, 1.54) is 6.42 Å². The Labute approximate surface area is 170 Å². The van der Waals surface area contributed by atoms with E-state index in [0.717, 1.165) is 44.0 Å². The molecule has 1 fully saturated rings. The van der Waals surface area contributed by atoms with Gasteiger partial charge in [0.1, 0.15) is 5.82 Å². The van der Waals surface area contributed by atoms with Crippen LogP contribution in [0.1, 0.15) is 52.6 Å². The van der Waals surface area contributed by atoms with Crippen molar-refractivity contribution < 1.29 is 9.59 Å². The highest BCUT2D eigenvalue weighted by Gasteiger charge is 2.25. The molecule has 0 aromatic carbocycles. The van der Waals surface area contributed by atoms with Crippen LogP contribution in [0.2, 0.25) is 0 Å². The van der Waals surface area contributed by atoms with Crippen LogP contribution in [-0.2, 0) is 13.0 Å². The van der Waals surface area contributed by atoms with E-state index in [2.05, 4.69) is 27.2 Å². The molecule has 1 saturated heterocycles. The van der Waals surface area contributed by atoms with Gasteiger partial charge in [-0.25, -0.2) is 4.98 Å². The number of aryl methyl sites for hydroxylation is 1. The number of primary amides is 1. The molecule has 154 valence electrons. The van der Waals surface area contributed by atoms with Crippen LogP contribution in [-0.4, -0.2) is 46.2 Å². The number of nitrogens with one attached hydrogen (secondary N) is 1. The van der Waals surface area contributed by atoms with Crippen molar-refractivity contribution in [2.45, 2.75) is 39.2 Å². The number of rotatable bonds is 5. The van der Waals surface area contributed by atoms with E-state index in [-0.39, 0.29) is 11.8 Å². The summed E-state index contributed by atoms with van der Waals surface area (Å²) in [6.07, 6.45) is 7.24. The maximum atomic E-state index is 12.7. The zero-order valence-electron chi connectivity index (χ0n) is 16.8. The zero-order valence-corrected chi connectivity index (χ0v) is 16.8. The molecule has 3 N–H and O–H groups in total. The van der Waals surface area contributed by atoms with Gasteiger partial charge in [-0.2, -0.15) is 5.10 Å². The molecule has 8 nitrogen and oxygen atoms in total. The maximum absolute atomic E-state index is 12.7. The molecule has 4 heterocycles. The first-order valence-electron chi connectivity index (χ1n) is 10.3. The normalized spacial score (nSPS) is 21.5. The summed E-state index contributed by atoms with van der Waals surface area (Å²) >= 11 is 0. The Hall–Kier alpha value is -2.90. The van der Waals surface area contributed by atoms with Crippen molar-refractivity contribution in [2.75, 3.05) is 24.5 Å². The Morgan fingerprint density at radius 1 is 1.31 bits per heavy atom. The van der Waals surface area contributed by atoms with E-state index in [4.69, 9.17) is 5.73 Å². The zero-order chi connectivity index (χ0) is 20.4. The number of nitrogens with two attached hydrogens (primary N) is 1. The predicted molar refractivity (Wildman–Crippen MR) is 110 cm³/mol. The second kappa shape index (κ2) is 8.23. The lowest BCUT2D eigenvalue weighted by atomic mass is 9.94. The van der Waals surface area contributed by atoms with Crippen LogP contribution in [0.25, 0.3) is 0 Å².